The summed E-state index contributed by atoms with van der Waals surface area (Å²) in [7, 11) is 0. The van der Waals surface area contributed by atoms with Gasteiger partial charge in [-0.15, -0.1) is 0 Å². The van der Waals surface area contributed by atoms with Crippen molar-refractivity contribution in [3.05, 3.63) is 47.3 Å². The highest BCUT2D eigenvalue weighted by molar-refractivity contribution is 5.43. The van der Waals surface area contributed by atoms with Gasteiger partial charge in [-0.3, -0.25) is 0 Å². The lowest BCUT2D eigenvalue weighted by molar-refractivity contribution is 0.145. The average Bonchev–Trinajstić information content (AvgIpc) is 2.67. The summed E-state index contributed by atoms with van der Waals surface area (Å²) in [5, 5.41) is 12.7. The van der Waals surface area contributed by atoms with E-state index in [1.165, 1.54) is 4.68 Å². The molecule has 0 saturated heterocycles. The van der Waals surface area contributed by atoms with E-state index in [1.807, 2.05) is 6.07 Å². The van der Waals surface area contributed by atoms with Crippen LogP contribution in [0.15, 0.2) is 30.3 Å². The maximum atomic E-state index is 12.7. The number of hydrogen-bond donors (Lipinski definition) is 0. The number of nitrogens with zero attached hydrogens (tertiary/aromatic N) is 3. The number of aromatic nitrogens is 2. The van der Waals surface area contributed by atoms with E-state index in [9.17, 15) is 8.78 Å². The molecule has 1 heterocycles. The minimum absolute atomic E-state index is 0.0520. The molecule has 0 atom stereocenters. The Morgan fingerprint density at radius 3 is 2.41 bits per heavy atom. The van der Waals surface area contributed by atoms with E-state index in [4.69, 9.17) is 5.26 Å². The van der Waals surface area contributed by atoms with Gasteiger partial charge < -0.3 is 0 Å². The molecular weight excluding hydrogens is 224 g/mol. The minimum atomic E-state index is -2.74. The van der Waals surface area contributed by atoms with Crippen molar-refractivity contribution in [2.24, 2.45) is 0 Å². The van der Waals surface area contributed by atoms with Crippen LogP contribution in [0.3, 0.4) is 0 Å². The van der Waals surface area contributed by atoms with Crippen LogP contribution in [0.25, 0.3) is 5.69 Å². The first-order valence-corrected chi connectivity index (χ1v) is 4.98. The zero-order valence-electron chi connectivity index (χ0n) is 9.06. The summed E-state index contributed by atoms with van der Waals surface area (Å²) in [5.74, 6) is 0. The second kappa shape index (κ2) is 4.34. The molecule has 0 bridgehead atoms. The Morgan fingerprint density at radius 2 is 1.94 bits per heavy atom. The number of hydrogen-bond acceptors (Lipinski definition) is 2. The lowest BCUT2D eigenvalue weighted by Crippen LogP contribution is -1.99. The van der Waals surface area contributed by atoms with Gasteiger partial charge in [-0.2, -0.15) is 10.4 Å². The van der Waals surface area contributed by atoms with Gasteiger partial charge in [0.05, 0.1) is 11.4 Å². The summed E-state index contributed by atoms with van der Waals surface area (Å²) in [6.45, 7) is 1.60. The fraction of sp³-hybridized carbons (Fsp3) is 0.167. The second-order valence-electron chi connectivity index (χ2n) is 3.51. The molecule has 1 aromatic heterocycles. The van der Waals surface area contributed by atoms with E-state index in [2.05, 4.69) is 5.10 Å². The summed E-state index contributed by atoms with van der Waals surface area (Å²) < 4.78 is 26.8. The SMILES string of the molecule is Cc1c(C#N)c(C(F)F)nn1-c1ccccc1. The Morgan fingerprint density at radius 1 is 1.29 bits per heavy atom. The van der Waals surface area contributed by atoms with Crippen molar-refractivity contribution in [1.82, 2.24) is 9.78 Å². The van der Waals surface area contributed by atoms with Crippen LogP contribution >= 0.6 is 0 Å². The van der Waals surface area contributed by atoms with Gasteiger partial charge in [0.15, 0.2) is 0 Å². The topological polar surface area (TPSA) is 41.6 Å². The molecule has 0 radical (unpaired) electrons. The van der Waals surface area contributed by atoms with E-state index >= 15 is 0 Å². The Labute approximate surface area is 96.9 Å². The lowest BCUT2D eigenvalue weighted by atomic mass is 10.2. The van der Waals surface area contributed by atoms with E-state index in [1.54, 1.807) is 37.3 Å². The number of halogens is 2. The fourth-order valence-electron chi connectivity index (χ4n) is 1.64. The standard InChI is InChI=1S/C12H9F2N3/c1-8-10(7-15)11(12(13)14)16-17(8)9-5-3-2-4-6-9/h2-6,12H,1H3. The van der Waals surface area contributed by atoms with Crippen molar-refractivity contribution in [2.75, 3.05) is 0 Å². The molecule has 0 N–H and O–H groups in total. The molecular formula is C12H9F2N3. The first-order valence-electron chi connectivity index (χ1n) is 4.98. The van der Waals surface area contributed by atoms with Crippen LogP contribution in [0.4, 0.5) is 8.78 Å². The van der Waals surface area contributed by atoms with Gasteiger partial charge in [0.25, 0.3) is 6.43 Å². The van der Waals surface area contributed by atoms with Crippen molar-refractivity contribution in [1.29, 1.82) is 5.26 Å². The molecule has 0 saturated carbocycles. The molecule has 17 heavy (non-hydrogen) atoms. The molecule has 1 aromatic carbocycles. The van der Waals surface area contributed by atoms with Crippen LogP contribution < -0.4 is 0 Å². The third kappa shape index (κ3) is 1.89. The molecule has 0 aliphatic rings. The molecule has 2 aromatic rings. The highest BCUT2D eigenvalue weighted by atomic mass is 19.3. The number of alkyl halides is 2. The van der Waals surface area contributed by atoms with Crippen molar-refractivity contribution in [2.45, 2.75) is 13.3 Å². The van der Waals surface area contributed by atoms with Gasteiger partial charge in [-0.1, -0.05) is 18.2 Å². The van der Waals surface area contributed by atoms with E-state index in [0.29, 0.717) is 11.4 Å². The van der Waals surface area contributed by atoms with Crippen molar-refractivity contribution >= 4 is 0 Å². The fourth-order valence-corrected chi connectivity index (χ4v) is 1.64. The normalized spacial score (nSPS) is 10.5. The van der Waals surface area contributed by atoms with Crippen molar-refractivity contribution in [3.8, 4) is 11.8 Å². The molecule has 0 amide bonds. The molecule has 0 unspecified atom stereocenters. The smallest absolute Gasteiger partial charge is 0.236 e. The van der Waals surface area contributed by atoms with Crippen LogP contribution in [0.5, 0.6) is 0 Å². The van der Waals surface area contributed by atoms with Gasteiger partial charge in [0.1, 0.15) is 17.3 Å². The van der Waals surface area contributed by atoms with Gasteiger partial charge in [0.2, 0.25) is 0 Å². The minimum Gasteiger partial charge on any atom is -0.236 e. The van der Waals surface area contributed by atoms with E-state index < -0.39 is 12.1 Å². The van der Waals surface area contributed by atoms with E-state index in [0.717, 1.165) is 0 Å². The number of rotatable bonds is 2. The highest BCUT2D eigenvalue weighted by Crippen LogP contribution is 2.25. The third-order valence-electron chi connectivity index (χ3n) is 2.46. The Balaban J connectivity index is 2.62. The van der Waals surface area contributed by atoms with Crippen LogP contribution in [0, 0.1) is 18.3 Å². The zero-order valence-corrected chi connectivity index (χ0v) is 9.06. The highest BCUT2D eigenvalue weighted by Gasteiger charge is 2.22. The Bertz CT molecular complexity index is 567. The second-order valence-corrected chi connectivity index (χ2v) is 3.51. The average molecular weight is 233 g/mol. The first-order chi connectivity index (χ1) is 8.15. The van der Waals surface area contributed by atoms with Crippen molar-refractivity contribution < 1.29 is 8.78 Å². The van der Waals surface area contributed by atoms with Crippen LogP contribution in [-0.4, -0.2) is 9.78 Å². The largest absolute Gasteiger partial charge is 0.283 e. The summed E-state index contributed by atoms with van der Waals surface area (Å²) in [5.41, 5.74) is 0.570. The van der Waals surface area contributed by atoms with Gasteiger partial charge in [-0.25, -0.2) is 13.5 Å². The van der Waals surface area contributed by atoms with Crippen LogP contribution in [0.2, 0.25) is 0 Å². The quantitative estimate of drug-likeness (QED) is 0.800. The maximum absolute atomic E-state index is 12.7. The molecule has 0 fully saturated rings. The molecule has 0 aliphatic heterocycles. The van der Waals surface area contributed by atoms with Gasteiger partial charge in [0, 0.05) is 0 Å². The summed E-state index contributed by atoms with van der Waals surface area (Å²) >= 11 is 0. The predicted octanol–water partition coefficient (Wildman–Crippen LogP) is 2.99. The zero-order chi connectivity index (χ0) is 12.4. The van der Waals surface area contributed by atoms with Gasteiger partial charge >= 0.3 is 0 Å². The van der Waals surface area contributed by atoms with Crippen LogP contribution in [0.1, 0.15) is 23.4 Å². The summed E-state index contributed by atoms with van der Waals surface area (Å²) in [6, 6.07) is 10.7. The first kappa shape index (κ1) is 11.3. The molecule has 86 valence electrons. The summed E-state index contributed by atoms with van der Waals surface area (Å²) in [6.07, 6.45) is -2.74. The molecule has 0 aliphatic carbocycles. The third-order valence-corrected chi connectivity index (χ3v) is 2.46. The van der Waals surface area contributed by atoms with E-state index in [-0.39, 0.29) is 5.56 Å². The number of para-hydroxylation sites is 1. The predicted molar refractivity (Wildman–Crippen MR) is 58.0 cm³/mol. The van der Waals surface area contributed by atoms with Gasteiger partial charge in [-0.05, 0) is 19.1 Å². The number of nitriles is 1. The molecule has 0 spiro atoms. The molecule has 3 nitrogen and oxygen atoms in total. The van der Waals surface area contributed by atoms with Crippen LogP contribution in [-0.2, 0) is 0 Å². The lowest BCUT2D eigenvalue weighted by Gasteiger charge is -2.02. The maximum Gasteiger partial charge on any atom is 0.283 e. The molecule has 2 rings (SSSR count). The monoisotopic (exact) mass is 233 g/mol. The number of benzene rings is 1. The molecule has 5 heteroatoms. The summed E-state index contributed by atoms with van der Waals surface area (Å²) in [4.78, 5) is 0. The Hall–Kier alpha value is -2.22. The Kier molecular flexibility index (Phi) is 2.88. The van der Waals surface area contributed by atoms with Crippen molar-refractivity contribution in [3.63, 3.8) is 0 Å².